The number of aryl methyl sites for hydroxylation is 2. The molecule has 0 saturated carbocycles. The Bertz CT molecular complexity index is 854. The fraction of sp³-hybridized carbons (Fsp3) is 0.214. The normalized spacial score (nSPS) is 11.4. The van der Waals surface area contributed by atoms with Crippen molar-refractivity contribution in [3.05, 3.63) is 51.9 Å². The molecule has 0 aliphatic heterocycles. The van der Waals surface area contributed by atoms with Crippen LogP contribution < -0.4 is 16.0 Å². The maximum atomic E-state index is 12.5. The van der Waals surface area contributed by atoms with Crippen molar-refractivity contribution in [3.8, 4) is 0 Å². The zero-order valence-corrected chi connectivity index (χ0v) is 12.9. The summed E-state index contributed by atoms with van der Waals surface area (Å²) in [6.07, 6.45) is 1.42. The molecule has 112 valence electrons. The fourth-order valence-electron chi connectivity index (χ4n) is 2.00. The van der Waals surface area contributed by atoms with E-state index < -0.39 is 10.0 Å². The van der Waals surface area contributed by atoms with Gasteiger partial charge in [-0.05, 0) is 43.2 Å². The molecule has 0 atom stereocenters. The van der Waals surface area contributed by atoms with Gasteiger partial charge in [-0.1, -0.05) is 0 Å². The molecule has 0 bridgehead atoms. The molecule has 0 saturated heterocycles. The van der Waals surface area contributed by atoms with Crippen molar-refractivity contribution in [3.63, 3.8) is 0 Å². The summed E-state index contributed by atoms with van der Waals surface area (Å²) in [5, 5.41) is 0. The number of aromatic nitrogens is 1. The Morgan fingerprint density at radius 1 is 1.19 bits per heavy atom. The second-order valence-corrected chi connectivity index (χ2v) is 6.60. The molecule has 6 nitrogen and oxygen atoms in total. The summed E-state index contributed by atoms with van der Waals surface area (Å²) in [6, 6.07) is 6.01. The van der Waals surface area contributed by atoms with Gasteiger partial charge < -0.3 is 10.3 Å². The Kier molecular flexibility index (Phi) is 3.78. The van der Waals surface area contributed by atoms with Crippen LogP contribution in [0.2, 0.25) is 0 Å². The zero-order valence-electron chi connectivity index (χ0n) is 12.0. The SMILES string of the molecule is Cc1cc(N)c(C)c(S(=O)(=O)Nc2ccc(=O)n(C)c2)c1. The number of anilines is 2. The first-order chi connectivity index (χ1) is 9.70. The molecule has 1 heterocycles. The number of hydrogen-bond acceptors (Lipinski definition) is 4. The van der Waals surface area contributed by atoms with Crippen LogP contribution in [0.4, 0.5) is 11.4 Å². The van der Waals surface area contributed by atoms with Crippen molar-refractivity contribution in [1.82, 2.24) is 4.57 Å². The molecule has 2 rings (SSSR count). The summed E-state index contributed by atoms with van der Waals surface area (Å²) in [5.41, 5.74) is 7.61. The van der Waals surface area contributed by atoms with Crippen molar-refractivity contribution < 1.29 is 8.42 Å². The average Bonchev–Trinajstić information content (AvgIpc) is 2.37. The molecule has 0 aliphatic carbocycles. The van der Waals surface area contributed by atoms with Gasteiger partial charge in [-0.15, -0.1) is 0 Å². The van der Waals surface area contributed by atoms with Gasteiger partial charge in [0, 0.05) is 25.0 Å². The fourth-order valence-corrected chi connectivity index (χ4v) is 3.40. The van der Waals surface area contributed by atoms with Crippen molar-refractivity contribution in [1.29, 1.82) is 0 Å². The van der Waals surface area contributed by atoms with Crippen molar-refractivity contribution >= 4 is 21.4 Å². The minimum atomic E-state index is -3.76. The Balaban J connectivity index is 2.48. The number of nitrogen functional groups attached to an aromatic ring is 1. The first kappa shape index (κ1) is 15.1. The number of nitrogens with one attached hydrogen (secondary N) is 1. The Morgan fingerprint density at radius 2 is 1.86 bits per heavy atom. The van der Waals surface area contributed by atoms with Gasteiger partial charge in [0.25, 0.3) is 10.0 Å². The van der Waals surface area contributed by atoms with E-state index in [2.05, 4.69) is 4.72 Å². The summed E-state index contributed by atoms with van der Waals surface area (Å²) < 4.78 is 28.7. The van der Waals surface area contributed by atoms with Gasteiger partial charge in [0.2, 0.25) is 5.56 Å². The van der Waals surface area contributed by atoms with E-state index in [1.807, 2.05) is 0 Å². The Hall–Kier alpha value is -2.28. The predicted molar refractivity (Wildman–Crippen MR) is 82.8 cm³/mol. The lowest BCUT2D eigenvalue weighted by molar-refractivity contribution is 0.600. The minimum Gasteiger partial charge on any atom is -0.398 e. The molecule has 0 radical (unpaired) electrons. The van der Waals surface area contributed by atoms with Gasteiger partial charge in [0.15, 0.2) is 0 Å². The van der Waals surface area contributed by atoms with E-state index in [-0.39, 0.29) is 10.5 Å². The molecule has 7 heteroatoms. The highest BCUT2D eigenvalue weighted by Crippen LogP contribution is 2.24. The van der Waals surface area contributed by atoms with Crippen LogP contribution in [0.25, 0.3) is 0 Å². The predicted octanol–water partition coefficient (Wildman–Crippen LogP) is 1.39. The van der Waals surface area contributed by atoms with Crippen LogP contribution in [-0.2, 0) is 17.1 Å². The number of nitrogens with two attached hydrogens (primary N) is 1. The van der Waals surface area contributed by atoms with E-state index in [1.165, 1.54) is 22.9 Å². The highest BCUT2D eigenvalue weighted by Gasteiger charge is 2.19. The summed E-state index contributed by atoms with van der Waals surface area (Å²) in [6.45, 7) is 3.44. The van der Waals surface area contributed by atoms with Crippen LogP contribution in [0.15, 0.2) is 40.2 Å². The van der Waals surface area contributed by atoms with Gasteiger partial charge in [-0.2, -0.15) is 0 Å². The molecule has 0 spiro atoms. The first-order valence-electron chi connectivity index (χ1n) is 6.27. The van der Waals surface area contributed by atoms with Crippen molar-refractivity contribution in [2.24, 2.45) is 7.05 Å². The molecule has 21 heavy (non-hydrogen) atoms. The first-order valence-corrected chi connectivity index (χ1v) is 7.75. The van der Waals surface area contributed by atoms with Gasteiger partial charge in [-0.3, -0.25) is 9.52 Å². The van der Waals surface area contributed by atoms with Crippen LogP contribution in [0.3, 0.4) is 0 Å². The number of rotatable bonds is 3. The zero-order chi connectivity index (χ0) is 15.8. The number of sulfonamides is 1. The highest BCUT2D eigenvalue weighted by molar-refractivity contribution is 7.92. The monoisotopic (exact) mass is 307 g/mol. The quantitative estimate of drug-likeness (QED) is 0.838. The van der Waals surface area contributed by atoms with E-state index in [4.69, 9.17) is 5.73 Å². The van der Waals surface area contributed by atoms with Crippen LogP contribution in [0.1, 0.15) is 11.1 Å². The maximum Gasteiger partial charge on any atom is 0.262 e. The standard InChI is InChI=1S/C14H17N3O3S/c1-9-6-12(15)10(2)13(7-9)21(19,20)16-11-4-5-14(18)17(3)8-11/h4-8,16H,15H2,1-3H3. The number of pyridine rings is 1. The molecule has 0 aliphatic rings. The largest absolute Gasteiger partial charge is 0.398 e. The van der Waals surface area contributed by atoms with E-state index >= 15 is 0 Å². The lowest BCUT2D eigenvalue weighted by Crippen LogP contribution is -2.19. The van der Waals surface area contributed by atoms with Gasteiger partial charge in [0.1, 0.15) is 0 Å². The molecule has 0 amide bonds. The molecule has 0 unspecified atom stereocenters. The van der Waals surface area contributed by atoms with Gasteiger partial charge in [0.05, 0.1) is 10.6 Å². The van der Waals surface area contributed by atoms with Crippen LogP contribution in [0.5, 0.6) is 0 Å². The van der Waals surface area contributed by atoms with E-state index in [9.17, 15) is 13.2 Å². The maximum absolute atomic E-state index is 12.5. The lowest BCUT2D eigenvalue weighted by Gasteiger charge is -2.13. The molecule has 1 aromatic heterocycles. The summed E-state index contributed by atoms with van der Waals surface area (Å²) in [7, 11) is -2.21. The lowest BCUT2D eigenvalue weighted by atomic mass is 10.1. The van der Waals surface area contributed by atoms with Crippen LogP contribution in [-0.4, -0.2) is 13.0 Å². The van der Waals surface area contributed by atoms with E-state index in [0.29, 0.717) is 16.9 Å². The molecular formula is C14H17N3O3S. The number of benzene rings is 1. The van der Waals surface area contributed by atoms with Crippen molar-refractivity contribution in [2.45, 2.75) is 18.7 Å². The summed E-state index contributed by atoms with van der Waals surface area (Å²) >= 11 is 0. The second kappa shape index (κ2) is 5.25. The average molecular weight is 307 g/mol. The van der Waals surface area contributed by atoms with E-state index in [0.717, 1.165) is 5.56 Å². The number of hydrogen-bond donors (Lipinski definition) is 2. The molecule has 0 fully saturated rings. The van der Waals surface area contributed by atoms with Gasteiger partial charge >= 0.3 is 0 Å². The third kappa shape index (κ3) is 3.08. The molecular weight excluding hydrogens is 290 g/mol. The van der Waals surface area contributed by atoms with Crippen LogP contribution >= 0.6 is 0 Å². The highest BCUT2D eigenvalue weighted by atomic mass is 32.2. The minimum absolute atomic E-state index is 0.133. The summed E-state index contributed by atoms with van der Waals surface area (Å²) in [5.74, 6) is 0. The van der Waals surface area contributed by atoms with Gasteiger partial charge in [-0.25, -0.2) is 8.42 Å². The van der Waals surface area contributed by atoms with E-state index in [1.54, 1.807) is 33.0 Å². The molecule has 1 aromatic carbocycles. The molecule has 2 aromatic rings. The van der Waals surface area contributed by atoms with Crippen LogP contribution in [0, 0.1) is 13.8 Å². The Labute approximate surface area is 123 Å². The number of nitrogens with zero attached hydrogens (tertiary/aromatic N) is 1. The Morgan fingerprint density at radius 3 is 2.48 bits per heavy atom. The molecule has 3 N–H and O–H groups in total. The topological polar surface area (TPSA) is 94.2 Å². The smallest absolute Gasteiger partial charge is 0.262 e. The third-order valence-electron chi connectivity index (χ3n) is 3.17. The third-order valence-corrected chi connectivity index (χ3v) is 4.68. The summed E-state index contributed by atoms with van der Waals surface area (Å²) in [4.78, 5) is 11.5. The van der Waals surface area contributed by atoms with Crippen molar-refractivity contribution in [2.75, 3.05) is 10.5 Å². The second-order valence-electron chi connectivity index (χ2n) is 4.95.